The predicted molar refractivity (Wildman–Crippen MR) is 67.2 cm³/mol. The number of aromatic nitrogens is 1. The van der Waals surface area contributed by atoms with Gasteiger partial charge in [0.25, 0.3) is 0 Å². The lowest BCUT2D eigenvalue weighted by Gasteiger charge is -2.15. The van der Waals surface area contributed by atoms with Crippen LogP contribution in [-0.4, -0.2) is 22.0 Å². The number of carboxylic acids is 1. The van der Waals surface area contributed by atoms with Crippen molar-refractivity contribution < 1.29 is 27.9 Å². The summed E-state index contributed by atoms with van der Waals surface area (Å²) in [6, 6.07) is 1.41. The lowest BCUT2D eigenvalue weighted by molar-refractivity contribution is -0.141. The molecule has 114 valence electrons. The summed E-state index contributed by atoms with van der Waals surface area (Å²) in [6.45, 7) is 4.76. The molecule has 21 heavy (non-hydrogen) atoms. The number of pyridine rings is 1. The molecule has 1 rings (SSSR count). The maximum absolute atomic E-state index is 12.4. The Morgan fingerprint density at radius 3 is 2.48 bits per heavy atom. The molecule has 1 heterocycles. The van der Waals surface area contributed by atoms with Crippen molar-refractivity contribution in [2.24, 2.45) is 0 Å². The van der Waals surface area contributed by atoms with Crippen LogP contribution in [0.2, 0.25) is 0 Å². The van der Waals surface area contributed by atoms with Gasteiger partial charge in [0.2, 0.25) is 5.91 Å². The topological polar surface area (TPSA) is 79.3 Å². The van der Waals surface area contributed by atoms with Crippen molar-refractivity contribution in [2.45, 2.75) is 25.6 Å². The molecule has 0 aromatic carbocycles. The van der Waals surface area contributed by atoms with Crippen LogP contribution in [-0.2, 0) is 15.8 Å². The van der Waals surface area contributed by atoms with Crippen LogP contribution in [0.5, 0.6) is 0 Å². The van der Waals surface area contributed by atoms with Gasteiger partial charge < -0.3 is 10.4 Å². The van der Waals surface area contributed by atoms with Crippen LogP contribution in [0.1, 0.15) is 30.6 Å². The number of hydrogen-bond acceptors (Lipinski definition) is 3. The molecule has 1 atom stereocenters. The van der Waals surface area contributed by atoms with Gasteiger partial charge in [-0.1, -0.05) is 12.6 Å². The first kappa shape index (κ1) is 16.7. The molecule has 1 aromatic heterocycles. The molecular weight excluding hydrogens is 289 g/mol. The minimum absolute atomic E-state index is 0.273. The average Bonchev–Trinajstić information content (AvgIpc) is 2.37. The summed E-state index contributed by atoms with van der Waals surface area (Å²) in [4.78, 5) is 25.3. The Hall–Kier alpha value is -2.38. The highest BCUT2D eigenvalue weighted by molar-refractivity contribution is 5.93. The van der Waals surface area contributed by atoms with E-state index in [1.165, 1.54) is 6.07 Å². The molecule has 0 aliphatic carbocycles. The second kappa shape index (κ2) is 6.38. The van der Waals surface area contributed by atoms with E-state index in [2.05, 4.69) is 16.9 Å². The van der Waals surface area contributed by atoms with E-state index in [1.54, 1.807) is 6.92 Å². The molecule has 0 aliphatic heterocycles. The van der Waals surface area contributed by atoms with Gasteiger partial charge in [-0.2, -0.15) is 13.2 Å². The van der Waals surface area contributed by atoms with Crippen molar-refractivity contribution in [3.63, 3.8) is 0 Å². The first-order chi connectivity index (χ1) is 9.61. The van der Waals surface area contributed by atoms with Crippen LogP contribution in [0.4, 0.5) is 13.2 Å². The Labute approximate surface area is 118 Å². The fourth-order valence-corrected chi connectivity index (χ4v) is 1.47. The molecule has 0 bridgehead atoms. The highest BCUT2D eigenvalue weighted by Crippen LogP contribution is 2.27. The van der Waals surface area contributed by atoms with Crippen molar-refractivity contribution in [3.05, 3.63) is 41.7 Å². The van der Waals surface area contributed by atoms with E-state index in [0.717, 1.165) is 12.3 Å². The zero-order chi connectivity index (χ0) is 16.2. The van der Waals surface area contributed by atoms with Crippen molar-refractivity contribution in [1.82, 2.24) is 10.3 Å². The summed E-state index contributed by atoms with van der Waals surface area (Å²) in [5.41, 5.74) is -0.924. The van der Waals surface area contributed by atoms with E-state index in [0.29, 0.717) is 5.56 Å². The van der Waals surface area contributed by atoms with Crippen molar-refractivity contribution >= 4 is 11.9 Å². The summed E-state index contributed by atoms with van der Waals surface area (Å²) in [5, 5.41) is 11.0. The lowest BCUT2D eigenvalue weighted by atomic mass is 10.1. The lowest BCUT2D eigenvalue weighted by Crippen LogP contribution is -2.27. The molecule has 0 spiro atoms. The van der Waals surface area contributed by atoms with E-state index < -0.39 is 36.2 Å². The Morgan fingerprint density at radius 1 is 1.43 bits per heavy atom. The first-order valence-electron chi connectivity index (χ1n) is 5.85. The Morgan fingerprint density at radius 2 is 2.05 bits per heavy atom. The second-order valence-electron chi connectivity index (χ2n) is 4.35. The number of halogens is 3. The number of amides is 1. The maximum atomic E-state index is 12.4. The third-order valence-electron chi connectivity index (χ3n) is 2.63. The fourth-order valence-electron chi connectivity index (χ4n) is 1.47. The molecular formula is C13H13F3N2O3. The number of hydrogen-bond donors (Lipinski definition) is 2. The quantitative estimate of drug-likeness (QED) is 0.818. The van der Waals surface area contributed by atoms with Gasteiger partial charge in [0.15, 0.2) is 0 Å². The number of carboxylic acid groups (broad SMARTS) is 1. The molecule has 0 aliphatic rings. The molecule has 8 heteroatoms. The van der Waals surface area contributed by atoms with Crippen LogP contribution in [0.15, 0.2) is 30.5 Å². The van der Waals surface area contributed by atoms with Gasteiger partial charge in [0.1, 0.15) is 5.69 Å². The van der Waals surface area contributed by atoms with E-state index in [9.17, 15) is 22.8 Å². The van der Waals surface area contributed by atoms with Crippen LogP contribution in [0.25, 0.3) is 0 Å². The summed E-state index contributed by atoms with van der Waals surface area (Å²) in [6.07, 6.45) is -3.90. The Kier molecular flexibility index (Phi) is 5.07. The number of nitrogens with zero attached hydrogens (tertiary/aromatic N) is 1. The van der Waals surface area contributed by atoms with Gasteiger partial charge in [-0.25, -0.2) is 4.79 Å². The normalized spacial score (nSPS) is 12.6. The zero-order valence-corrected chi connectivity index (χ0v) is 11.1. The van der Waals surface area contributed by atoms with Gasteiger partial charge in [-0.3, -0.25) is 9.78 Å². The van der Waals surface area contributed by atoms with Crippen LogP contribution in [0, 0.1) is 0 Å². The molecule has 0 saturated carbocycles. The van der Waals surface area contributed by atoms with E-state index >= 15 is 0 Å². The van der Waals surface area contributed by atoms with Gasteiger partial charge >= 0.3 is 12.1 Å². The number of nitrogens with one attached hydrogen (secondary N) is 1. The molecule has 1 unspecified atom stereocenters. The molecule has 0 saturated heterocycles. The Balaban J connectivity index is 2.68. The highest BCUT2D eigenvalue weighted by Gasteiger charge is 2.32. The van der Waals surface area contributed by atoms with Crippen LogP contribution in [0.3, 0.4) is 0 Å². The minimum atomic E-state index is -4.52. The maximum Gasteiger partial charge on any atom is 0.433 e. The summed E-state index contributed by atoms with van der Waals surface area (Å²) in [5.74, 6) is -1.87. The number of alkyl halides is 3. The number of rotatable bonds is 5. The number of carbonyl (C=O) groups excluding carboxylic acids is 1. The average molecular weight is 302 g/mol. The van der Waals surface area contributed by atoms with Crippen LogP contribution >= 0.6 is 0 Å². The summed E-state index contributed by atoms with van der Waals surface area (Å²) < 4.78 is 37.1. The summed E-state index contributed by atoms with van der Waals surface area (Å²) >= 11 is 0. The van der Waals surface area contributed by atoms with Crippen LogP contribution < -0.4 is 5.32 Å². The fraction of sp³-hybridized carbons (Fsp3) is 0.308. The molecule has 5 nitrogen and oxygen atoms in total. The van der Waals surface area contributed by atoms with Crippen molar-refractivity contribution in [3.8, 4) is 0 Å². The minimum Gasteiger partial charge on any atom is -0.478 e. The van der Waals surface area contributed by atoms with E-state index in [4.69, 9.17) is 5.11 Å². The molecule has 0 radical (unpaired) electrons. The molecule has 1 amide bonds. The molecule has 1 aromatic rings. The third kappa shape index (κ3) is 4.90. The zero-order valence-electron chi connectivity index (χ0n) is 11.1. The third-order valence-corrected chi connectivity index (χ3v) is 2.63. The predicted octanol–water partition coefficient (Wildman–Crippen LogP) is 2.31. The van der Waals surface area contributed by atoms with E-state index in [-0.39, 0.29) is 5.57 Å². The van der Waals surface area contributed by atoms with E-state index in [1.807, 2.05) is 0 Å². The van der Waals surface area contributed by atoms with Crippen molar-refractivity contribution in [2.75, 3.05) is 0 Å². The smallest absolute Gasteiger partial charge is 0.433 e. The first-order valence-corrected chi connectivity index (χ1v) is 5.85. The van der Waals surface area contributed by atoms with Gasteiger partial charge in [-0.15, -0.1) is 0 Å². The summed E-state index contributed by atoms with van der Waals surface area (Å²) in [7, 11) is 0. The second-order valence-corrected chi connectivity index (χ2v) is 4.35. The van der Waals surface area contributed by atoms with Gasteiger partial charge in [0.05, 0.1) is 12.5 Å². The highest BCUT2D eigenvalue weighted by atomic mass is 19.4. The molecule has 0 fully saturated rings. The van der Waals surface area contributed by atoms with Crippen molar-refractivity contribution in [1.29, 1.82) is 0 Å². The number of carbonyl (C=O) groups is 2. The molecule has 2 N–H and O–H groups in total. The largest absolute Gasteiger partial charge is 0.478 e. The SMILES string of the molecule is C=C(CC(=O)NC(C)c1ccc(C(F)(F)F)nc1)C(=O)O. The van der Waals surface area contributed by atoms with Gasteiger partial charge in [-0.05, 0) is 18.6 Å². The monoisotopic (exact) mass is 302 g/mol. The Bertz CT molecular complexity index is 553. The number of aliphatic carboxylic acids is 1. The van der Waals surface area contributed by atoms with Gasteiger partial charge in [0, 0.05) is 11.8 Å². The standard InChI is InChI=1S/C13H13F3N2O3/c1-7(12(20)21)5-11(19)18-8(2)9-3-4-10(17-6-9)13(14,15)16/h3-4,6,8H,1,5H2,2H3,(H,18,19)(H,20,21).